The van der Waals surface area contributed by atoms with Crippen LogP contribution in [0.4, 0.5) is 4.79 Å². The number of nitrogens with one attached hydrogen (secondary N) is 1. The van der Waals surface area contributed by atoms with Gasteiger partial charge in [-0.2, -0.15) is 0 Å². The summed E-state index contributed by atoms with van der Waals surface area (Å²) >= 11 is 0. The maximum Gasteiger partial charge on any atom is 0.317 e. The highest BCUT2D eigenvalue weighted by molar-refractivity contribution is 5.74. The molecule has 27 heavy (non-hydrogen) atoms. The van der Waals surface area contributed by atoms with E-state index in [9.17, 15) is 4.79 Å². The summed E-state index contributed by atoms with van der Waals surface area (Å²) in [6.45, 7) is 7.91. The molecule has 4 heterocycles. The van der Waals surface area contributed by atoms with Gasteiger partial charge >= 0.3 is 6.03 Å². The molecule has 0 radical (unpaired) electrons. The molecule has 5 rings (SSSR count). The van der Waals surface area contributed by atoms with E-state index in [1.165, 1.54) is 5.56 Å². The van der Waals surface area contributed by atoms with Crippen LogP contribution in [-0.2, 0) is 10.2 Å². The molecule has 1 aromatic rings. The molecule has 1 aromatic carbocycles. The minimum Gasteiger partial charge on any atom is -0.385 e. The Labute approximate surface area is 162 Å². The Kier molecular flexibility index (Phi) is 5.39. The molecule has 0 saturated carbocycles. The first-order valence-electron chi connectivity index (χ1n) is 10.1. The molecule has 3 atom stereocenters. The zero-order chi connectivity index (χ0) is 18.9. The highest BCUT2D eigenvalue weighted by Gasteiger charge is 2.55. The lowest BCUT2D eigenvalue weighted by Crippen LogP contribution is -2.71. The van der Waals surface area contributed by atoms with Gasteiger partial charge < -0.3 is 24.8 Å². The maximum atomic E-state index is 12.9. The molecule has 0 spiro atoms. The fourth-order valence-electron chi connectivity index (χ4n) is 5.36. The first kappa shape index (κ1) is 18.7. The summed E-state index contributed by atoms with van der Waals surface area (Å²) in [4.78, 5) is 20.0. The van der Waals surface area contributed by atoms with E-state index >= 15 is 0 Å². The van der Waals surface area contributed by atoms with Crippen molar-refractivity contribution in [3.05, 3.63) is 35.9 Å². The van der Waals surface area contributed by atoms with Gasteiger partial charge in [-0.25, -0.2) is 4.79 Å². The summed E-state index contributed by atoms with van der Waals surface area (Å²) in [5.74, 6) is 0.478. The van der Waals surface area contributed by atoms with Crippen LogP contribution < -0.4 is 5.32 Å². The molecule has 4 fully saturated rings. The van der Waals surface area contributed by atoms with E-state index in [2.05, 4.69) is 45.4 Å². The number of rotatable bonds is 6. The van der Waals surface area contributed by atoms with Crippen LogP contribution in [0.15, 0.2) is 30.3 Å². The van der Waals surface area contributed by atoms with Crippen molar-refractivity contribution in [2.45, 2.75) is 17.9 Å². The molecular weight excluding hydrogens is 340 g/mol. The summed E-state index contributed by atoms with van der Waals surface area (Å²) in [6.07, 6.45) is 0.861. The minimum absolute atomic E-state index is 0.0258. The van der Waals surface area contributed by atoms with E-state index in [4.69, 9.17) is 4.74 Å². The molecule has 1 N–H and O–H groups in total. The average Bonchev–Trinajstić information content (AvgIpc) is 2.93. The average molecular weight is 373 g/mol. The van der Waals surface area contributed by atoms with E-state index in [1.54, 1.807) is 12.0 Å². The first-order chi connectivity index (χ1) is 13.1. The largest absolute Gasteiger partial charge is 0.385 e. The van der Waals surface area contributed by atoms with Crippen molar-refractivity contribution < 1.29 is 9.53 Å². The molecule has 4 saturated heterocycles. The number of urea groups is 1. The van der Waals surface area contributed by atoms with E-state index < -0.39 is 0 Å². The highest BCUT2D eigenvalue weighted by atomic mass is 16.5. The number of nitrogens with zero attached hydrogens (tertiary/aromatic N) is 3. The van der Waals surface area contributed by atoms with Crippen molar-refractivity contribution in [3.63, 3.8) is 0 Å². The summed E-state index contributed by atoms with van der Waals surface area (Å²) < 4.78 is 5.12. The lowest BCUT2D eigenvalue weighted by atomic mass is 9.64. The second kappa shape index (κ2) is 7.78. The fraction of sp³-hybridized carbons (Fsp3) is 0.667. The quantitative estimate of drug-likeness (QED) is 0.763. The number of hydrogen-bond donors (Lipinski definition) is 1. The molecule has 4 aliphatic heterocycles. The summed E-state index contributed by atoms with van der Waals surface area (Å²) in [5.41, 5.74) is 1.33. The molecule has 6 heteroatoms. The van der Waals surface area contributed by atoms with Gasteiger partial charge in [-0.3, -0.25) is 0 Å². The van der Waals surface area contributed by atoms with Gasteiger partial charge in [0, 0.05) is 84.0 Å². The normalized spacial score (nSPS) is 34.3. The van der Waals surface area contributed by atoms with Crippen molar-refractivity contribution >= 4 is 6.03 Å². The SMILES string of the molecule is COCCCN(C)C(=O)N[C@H]1C2CN3CCN(C2)CC1(c1ccccc1)C3. The zero-order valence-corrected chi connectivity index (χ0v) is 16.6. The number of hydrogen-bond acceptors (Lipinski definition) is 4. The van der Waals surface area contributed by atoms with Crippen molar-refractivity contribution in [2.24, 2.45) is 5.92 Å². The molecule has 148 valence electrons. The standard InChI is InChI=1S/C21H32N4O2/c1-23(9-6-12-27-2)20(26)22-19-17-13-24-10-11-25(14-17)16-21(19,15-24)18-7-4-3-5-8-18/h3-5,7-8,17,19H,6,9-16H2,1-2H3,(H,22,26)/t17?,19-,21?/m0/s1. The lowest BCUT2D eigenvalue weighted by molar-refractivity contribution is 0.0210. The van der Waals surface area contributed by atoms with Gasteiger partial charge in [0.05, 0.1) is 0 Å². The molecule has 6 nitrogen and oxygen atoms in total. The number of ether oxygens (including phenoxy) is 1. The molecule has 4 aliphatic rings. The number of fused-ring (bicyclic) bond motifs is 1. The van der Waals surface area contributed by atoms with Crippen LogP contribution in [0.25, 0.3) is 0 Å². The third-order valence-corrected chi connectivity index (χ3v) is 6.61. The van der Waals surface area contributed by atoms with Gasteiger partial charge in [0.2, 0.25) is 0 Å². The fourth-order valence-corrected chi connectivity index (χ4v) is 5.36. The smallest absolute Gasteiger partial charge is 0.317 e. The van der Waals surface area contributed by atoms with Gasteiger partial charge in [-0.15, -0.1) is 0 Å². The third kappa shape index (κ3) is 3.58. The summed E-state index contributed by atoms with van der Waals surface area (Å²) in [7, 11) is 3.58. The number of piperidine rings is 2. The second-order valence-electron chi connectivity index (χ2n) is 8.45. The molecule has 4 bridgehead atoms. The van der Waals surface area contributed by atoms with Crippen molar-refractivity contribution in [3.8, 4) is 0 Å². The third-order valence-electron chi connectivity index (χ3n) is 6.61. The Morgan fingerprint density at radius 1 is 1.22 bits per heavy atom. The molecular formula is C21H32N4O2. The Morgan fingerprint density at radius 2 is 1.89 bits per heavy atom. The van der Waals surface area contributed by atoms with Gasteiger partial charge in [0.25, 0.3) is 0 Å². The molecule has 0 aliphatic carbocycles. The van der Waals surface area contributed by atoms with Crippen molar-refractivity contribution in [1.29, 1.82) is 0 Å². The van der Waals surface area contributed by atoms with Crippen LogP contribution in [0.5, 0.6) is 0 Å². The van der Waals surface area contributed by atoms with E-state index in [-0.39, 0.29) is 17.5 Å². The van der Waals surface area contributed by atoms with Gasteiger partial charge in [0.15, 0.2) is 0 Å². The number of methoxy groups -OCH3 is 1. The number of carbonyl (C=O) groups is 1. The number of benzene rings is 1. The Hall–Kier alpha value is -1.63. The summed E-state index contributed by atoms with van der Waals surface area (Å²) in [6, 6.07) is 11.1. The Balaban J connectivity index is 1.58. The van der Waals surface area contributed by atoms with Gasteiger partial charge in [-0.1, -0.05) is 30.3 Å². The predicted molar refractivity (Wildman–Crippen MR) is 106 cm³/mol. The number of amides is 2. The predicted octanol–water partition coefficient (Wildman–Crippen LogP) is 1.23. The number of carbonyl (C=O) groups excluding carboxylic acids is 1. The van der Waals surface area contributed by atoms with E-state index in [1.807, 2.05) is 7.05 Å². The zero-order valence-electron chi connectivity index (χ0n) is 16.6. The van der Waals surface area contributed by atoms with Crippen molar-refractivity contribution in [2.75, 3.05) is 66.6 Å². The minimum atomic E-state index is -0.0258. The van der Waals surface area contributed by atoms with E-state index in [0.29, 0.717) is 19.1 Å². The van der Waals surface area contributed by atoms with Gasteiger partial charge in [-0.05, 0) is 12.0 Å². The first-order valence-corrected chi connectivity index (χ1v) is 10.1. The van der Waals surface area contributed by atoms with Crippen LogP contribution in [0.2, 0.25) is 0 Å². The van der Waals surface area contributed by atoms with Crippen molar-refractivity contribution in [1.82, 2.24) is 20.0 Å². The Morgan fingerprint density at radius 3 is 2.52 bits per heavy atom. The van der Waals surface area contributed by atoms with Crippen LogP contribution >= 0.6 is 0 Å². The van der Waals surface area contributed by atoms with Crippen LogP contribution in [0, 0.1) is 5.92 Å². The topological polar surface area (TPSA) is 48.1 Å². The molecule has 0 aromatic heterocycles. The lowest BCUT2D eigenvalue weighted by Gasteiger charge is -2.56. The Bertz CT molecular complexity index is 637. The maximum absolute atomic E-state index is 12.9. The van der Waals surface area contributed by atoms with Crippen LogP contribution in [-0.4, -0.2) is 93.4 Å². The van der Waals surface area contributed by atoms with Crippen LogP contribution in [0.3, 0.4) is 0 Å². The monoisotopic (exact) mass is 372 g/mol. The van der Waals surface area contributed by atoms with Gasteiger partial charge in [0.1, 0.15) is 0 Å². The highest BCUT2D eigenvalue weighted by Crippen LogP contribution is 2.43. The molecule has 2 unspecified atom stereocenters. The molecule has 2 amide bonds. The second-order valence-corrected chi connectivity index (χ2v) is 8.45. The van der Waals surface area contributed by atoms with E-state index in [0.717, 1.165) is 45.7 Å². The summed E-state index contributed by atoms with van der Waals surface area (Å²) in [5, 5.41) is 3.45. The van der Waals surface area contributed by atoms with Crippen LogP contribution in [0.1, 0.15) is 12.0 Å².